The van der Waals surface area contributed by atoms with E-state index >= 15 is 0 Å². The summed E-state index contributed by atoms with van der Waals surface area (Å²) in [5.41, 5.74) is 2.68. The number of esters is 3. The summed E-state index contributed by atoms with van der Waals surface area (Å²) < 4.78 is 27.4. The number of nitrogens with zero attached hydrogens (tertiary/aromatic N) is 1. The van der Waals surface area contributed by atoms with Gasteiger partial charge in [0.25, 0.3) is 0 Å². The molecular formula is C31H34BrNO8. The highest BCUT2D eigenvalue weighted by molar-refractivity contribution is 9.09. The largest absolute Gasteiger partial charge is 0.493 e. The third-order valence-electron chi connectivity index (χ3n) is 8.29. The third kappa shape index (κ3) is 5.35. The lowest BCUT2D eigenvalue weighted by atomic mass is 9.53. The van der Waals surface area contributed by atoms with E-state index in [9.17, 15) is 14.4 Å². The van der Waals surface area contributed by atoms with Gasteiger partial charge < -0.3 is 28.6 Å². The minimum Gasteiger partial charge on any atom is -0.493 e. The first kappa shape index (κ1) is 29.1. The summed E-state index contributed by atoms with van der Waals surface area (Å²) in [5.74, 6) is 1.12. The number of likely N-dealkylation sites (tertiary alicyclic amines) is 1. The number of alkyl halides is 1. The van der Waals surface area contributed by atoms with Crippen LogP contribution in [0.2, 0.25) is 0 Å². The normalized spacial score (nSPS) is 26.5. The molecule has 218 valence electrons. The zero-order valence-corrected chi connectivity index (χ0v) is 25.1. The average Bonchev–Trinajstić information content (AvgIpc) is 3.31. The summed E-state index contributed by atoms with van der Waals surface area (Å²) in [6.45, 7) is 4.38. The van der Waals surface area contributed by atoms with E-state index < -0.39 is 6.10 Å². The first-order chi connectivity index (χ1) is 19.7. The number of ether oxygens (including phenoxy) is 5. The molecule has 0 N–H and O–H groups in total. The first-order valence-corrected chi connectivity index (χ1v) is 14.8. The third-order valence-corrected chi connectivity index (χ3v) is 8.62. The molecule has 0 amide bonds. The minimum absolute atomic E-state index is 0.245. The van der Waals surface area contributed by atoms with Crippen LogP contribution in [0.4, 0.5) is 0 Å². The van der Waals surface area contributed by atoms with Gasteiger partial charge in [-0.25, -0.2) is 4.79 Å². The Kier molecular flexibility index (Phi) is 8.42. The second-order valence-electron chi connectivity index (χ2n) is 10.6. The molecule has 1 saturated heterocycles. The number of benzene rings is 2. The van der Waals surface area contributed by atoms with Crippen molar-refractivity contribution in [1.29, 1.82) is 0 Å². The lowest BCUT2D eigenvalue weighted by Crippen LogP contribution is -2.65. The van der Waals surface area contributed by atoms with Crippen LogP contribution in [0.5, 0.6) is 17.2 Å². The smallest absolute Gasteiger partial charge is 0.337 e. The highest BCUT2D eigenvalue weighted by Gasteiger charge is 2.65. The Morgan fingerprint density at radius 3 is 2.49 bits per heavy atom. The van der Waals surface area contributed by atoms with E-state index in [1.165, 1.54) is 26.5 Å². The Hall–Kier alpha value is -3.37. The van der Waals surface area contributed by atoms with Crippen molar-refractivity contribution in [2.75, 3.05) is 32.6 Å². The molecule has 2 aromatic carbocycles. The molecule has 0 radical (unpaired) electrons. The van der Waals surface area contributed by atoms with E-state index in [4.69, 9.17) is 18.9 Å². The average molecular weight is 629 g/mol. The minimum atomic E-state index is -0.439. The molecule has 2 bridgehead atoms. The van der Waals surface area contributed by atoms with E-state index in [0.29, 0.717) is 29.7 Å². The summed E-state index contributed by atoms with van der Waals surface area (Å²) in [4.78, 5) is 36.8. The summed E-state index contributed by atoms with van der Waals surface area (Å²) in [6, 6.07) is 11.1. The Morgan fingerprint density at radius 1 is 1.07 bits per heavy atom. The maximum atomic E-state index is 11.7. The second kappa shape index (κ2) is 11.9. The number of hydrogen-bond donors (Lipinski definition) is 0. The van der Waals surface area contributed by atoms with Gasteiger partial charge >= 0.3 is 17.9 Å². The van der Waals surface area contributed by atoms with Crippen molar-refractivity contribution in [2.45, 2.75) is 50.4 Å². The molecule has 6 rings (SSSR count). The maximum Gasteiger partial charge on any atom is 0.337 e. The molecule has 2 aromatic rings. The first-order valence-electron chi connectivity index (χ1n) is 13.6. The predicted molar refractivity (Wildman–Crippen MR) is 154 cm³/mol. The number of halogens is 1. The van der Waals surface area contributed by atoms with Crippen molar-refractivity contribution < 1.29 is 38.1 Å². The molecular weight excluding hydrogens is 594 g/mol. The van der Waals surface area contributed by atoms with Gasteiger partial charge in [0.1, 0.15) is 11.9 Å². The van der Waals surface area contributed by atoms with E-state index in [1.807, 2.05) is 12.1 Å². The molecule has 1 spiro atoms. The molecule has 2 heterocycles. The molecule has 4 aliphatic rings. The standard InChI is InChI=1S/C21H23NO5.C10H11BrO3/c1-11(23)25-16-6-4-13-10-15-14-5-7-17(26-12(2)24)20-21(14,8-9-22(15)3)18(13)19(16)27-20;1-13-10(12)8-2-4-9(5-3-8)14-7-6-11/h4-7,14-15,17,20H,8-10H2,1-3H3;2-5H,6-7H2,1H3/t14-,15+,17-,20-,21-;/m0./s1. The SMILES string of the molecule is CC(=O)Oc1ccc2c3c1O[C@H]1[C@@H](OC(C)=O)C=C[C@H]4[C@@H](C2)N(C)CC[C@@]341.COC(=O)c1ccc(OCCBr)cc1. The van der Waals surface area contributed by atoms with Gasteiger partial charge in [-0.15, -0.1) is 0 Å². The van der Waals surface area contributed by atoms with Crippen molar-refractivity contribution in [3.63, 3.8) is 0 Å². The van der Waals surface area contributed by atoms with Crippen molar-refractivity contribution >= 4 is 33.8 Å². The summed E-state index contributed by atoms with van der Waals surface area (Å²) in [7, 11) is 3.53. The topological polar surface area (TPSA) is 101 Å². The lowest BCUT2D eigenvalue weighted by Gasteiger charge is -2.56. The molecule has 1 fully saturated rings. The van der Waals surface area contributed by atoms with Crippen LogP contribution in [0.1, 0.15) is 41.8 Å². The van der Waals surface area contributed by atoms with Gasteiger partial charge in [-0.2, -0.15) is 0 Å². The van der Waals surface area contributed by atoms with Gasteiger partial charge in [-0.1, -0.05) is 28.1 Å². The van der Waals surface area contributed by atoms with Gasteiger partial charge in [-0.3, -0.25) is 9.59 Å². The highest BCUT2D eigenvalue weighted by Crippen LogP contribution is 2.62. The van der Waals surface area contributed by atoms with Gasteiger partial charge in [-0.05, 0) is 68.4 Å². The number of likely N-dealkylation sites (N-methyl/N-ethyl adjacent to an activating group) is 1. The Balaban J connectivity index is 0.000000205. The maximum absolute atomic E-state index is 11.7. The fourth-order valence-corrected chi connectivity index (χ4v) is 6.86. The van der Waals surface area contributed by atoms with Crippen LogP contribution in [-0.4, -0.2) is 73.7 Å². The summed E-state index contributed by atoms with van der Waals surface area (Å²) in [6.07, 6.45) is 5.31. The molecule has 2 aliphatic heterocycles. The summed E-state index contributed by atoms with van der Waals surface area (Å²) in [5, 5.41) is 0.783. The molecule has 10 heteroatoms. The number of hydrogen-bond acceptors (Lipinski definition) is 9. The fraction of sp³-hybridized carbons (Fsp3) is 0.452. The zero-order valence-electron chi connectivity index (χ0n) is 23.6. The molecule has 0 unspecified atom stereocenters. The van der Waals surface area contributed by atoms with Gasteiger partial charge in [0, 0.05) is 42.1 Å². The van der Waals surface area contributed by atoms with Crippen molar-refractivity contribution in [1.82, 2.24) is 4.90 Å². The van der Waals surface area contributed by atoms with Crippen LogP contribution in [0.15, 0.2) is 48.6 Å². The molecule has 0 saturated carbocycles. The number of carbonyl (C=O) groups excluding carboxylic acids is 3. The van der Waals surface area contributed by atoms with Gasteiger partial charge in [0.2, 0.25) is 0 Å². The van der Waals surface area contributed by atoms with Crippen LogP contribution >= 0.6 is 15.9 Å². The van der Waals surface area contributed by atoms with E-state index in [1.54, 1.807) is 24.3 Å². The van der Waals surface area contributed by atoms with E-state index in [2.05, 4.69) is 44.8 Å². The van der Waals surface area contributed by atoms with Crippen LogP contribution < -0.4 is 14.2 Å². The fourth-order valence-electron chi connectivity index (χ4n) is 6.70. The highest BCUT2D eigenvalue weighted by atomic mass is 79.9. The molecule has 5 atom stereocenters. The zero-order chi connectivity index (χ0) is 29.3. The van der Waals surface area contributed by atoms with E-state index in [-0.39, 0.29) is 35.3 Å². The number of carbonyl (C=O) groups is 3. The number of piperidine rings is 1. The number of methoxy groups -OCH3 is 1. The van der Waals surface area contributed by atoms with Crippen LogP contribution in [0, 0.1) is 5.92 Å². The predicted octanol–water partition coefficient (Wildman–Crippen LogP) is 4.24. The van der Waals surface area contributed by atoms with E-state index in [0.717, 1.165) is 36.0 Å². The van der Waals surface area contributed by atoms with Gasteiger partial charge in [0.15, 0.2) is 17.6 Å². The quantitative estimate of drug-likeness (QED) is 0.201. The van der Waals surface area contributed by atoms with Crippen LogP contribution in [0.3, 0.4) is 0 Å². The molecule has 2 aliphatic carbocycles. The lowest BCUT2D eigenvalue weighted by molar-refractivity contribution is -0.152. The van der Waals surface area contributed by atoms with Crippen molar-refractivity contribution in [3.8, 4) is 17.2 Å². The van der Waals surface area contributed by atoms with Crippen molar-refractivity contribution in [2.24, 2.45) is 5.92 Å². The number of rotatable bonds is 6. The second-order valence-corrected chi connectivity index (χ2v) is 11.4. The summed E-state index contributed by atoms with van der Waals surface area (Å²) >= 11 is 3.26. The Labute approximate surface area is 247 Å². The molecule has 9 nitrogen and oxygen atoms in total. The Bertz CT molecular complexity index is 1360. The Morgan fingerprint density at radius 2 is 1.83 bits per heavy atom. The van der Waals surface area contributed by atoms with Crippen LogP contribution in [-0.2, 0) is 30.9 Å². The van der Waals surface area contributed by atoms with Gasteiger partial charge in [0.05, 0.1) is 19.3 Å². The van der Waals surface area contributed by atoms with Crippen molar-refractivity contribution in [3.05, 3.63) is 65.2 Å². The van der Waals surface area contributed by atoms with Crippen LogP contribution in [0.25, 0.3) is 0 Å². The molecule has 0 aromatic heterocycles. The monoisotopic (exact) mass is 627 g/mol. The molecule has 41 heavy (non-hydrogen) atoms.